The van der Waals surface area contributed by atoms with Crippen molar-refractivity contribution < 1.29 is 14.3 Å². The summed E-state index contributed by atoms with van der Waals surface area (Å²) in [5.74, 6) is 2.27. The van der Waals surface area contributed by atoms with Crippen molar-refractivity contribution in [1.29, 1.82) is 0 Å². The second-order valence-corrected chi connectivity index (χ2v) is 7.19. The van der Waals surface area contributed by atoms with Crippen LogP contribution in [0.2, 0.25) is 0 Å². The Bertz CT molecular complexity index is 1020. The molecule has 1 aliphatic rings. The fraction of sp³-hybridized carbons (Fsp3) is 0.304. The van der Waals surface area contributed by atoms with Crippen molar-refractivity contribution in [1.82, 2.24) is 15.6 Å². The van der Waals surface area contributed by atoms with Crippen LogP contribution >= 0.6 is 0 Å². The fourth-order valence-corrected chi connectivity index (χ4v) is 3.31. The summed E-state index contributed by atoms with van der Waals surface area (Å²) in [7, 11) is 0. The third-order valence-electron chi connectivity index (χ3n) is 4.93. The minimum Gasteiger partial charge on any atom is -0.490 e. The van der Waals surface area contributed by atoms with E-state index in [1.165, 1.54) is 0 Å². The van der Waals surface area contributed by atoms with Gasteiger partial charge >= 0.3 is 6.03 Å². The van der Waals surface area contributed by atoms with Gasteiger partial charge in [-0.25, -0.2) is 9.78 Å². The second kappa shape index (κ2) is 9.35. The maximum atomic E-state index is 12.2. The summed E-state index contributed by atoms with van der Waals surface area (Å²) in [6.45, 7) is 4.30. The number of carbonyl (C=O) groups is 1. The maximum absolute atomic E-state index is 12.2. The zero-order valence-corrected chi connectivity index (χ0v) is 17.0. The van der Waals surface area contributed by atoms with Crippen LogP contribution in [0.15, 0.2) is 54.6 Å². The molecule has 1 aromatic heterocycles. The van der Waals surface area contributed by atoms with Gasteiger partial charge in [-0.05, 0) is 42.8 Å². The molecule has 2 heterocycles. The van der Waals surface area contributed by atoms with Crippen molar-refractivity contribution in [3.63, 3.8) is 0 Å². The highest BCUT2D eigenvalue weighted by atomic mass is 16.5. The maximum Gasteiger partial charge on any atom is 0.315 e. The monoisotopic (exact) mass is 406 g/mol. The smallest absolute Gasteiger partial charge is 0.315 e. The molecule has 0 saturated carbocycles. The van der Waals surface area contributed by atoms with Crippen molar-refractivity contribution in [2.45, 2.75) is 19.4 Å². The van der Waals surface area contributed by atoms with E-state index in [-0.39, 0.29) is 12.1 Å². The number of para-hydroxylation sites is 1. The molecule has 0 spiro atoms. The molecule has 0 bridgehead atoms. The Morgan fingerprint density at radius 3 is 2.77 bits per heavy atom. The van der Waals surface area contributed by atoms with E-state index in [1.807, 2.05) is 61.5 Å². The molecule has 1 aliphatic heterocycles. The van der Waals surface area contributed by atoms with Crippen molar-refractivity contribution in [3.8, 4) is 11.5 Å². The van der Waals surface area contributed by atoms with Crippen LogP contribution < -0.4 is 25.4 Å². The summed E-state index contributed by atoms with van der Waals surface area (Å²) in [6, 6.07) is 17.3. The lowest BCUT2D eigenvalue weighted by Gasteiger charge is -2.17. The minimum atomic E-state index is -0.220. The number of hydrogen-bond acceptors (Lipinski definition) is 5. The predicted molar refractivity (Wildman–Crippen MR) is 117 cm³/mol. The Morgan fingerprint density at radius 2 is 1.87 bits per heavy atom. The predicted octanol–water partition coefficient (Wildman–Crippen LogP) is 3.87. The highest BCUT2D eigenvalue weighted by molar-refractivity contribution is 5.80. The fourth-order valence-electron chi connectivity index (χ4n) is 3.31. The van der Waals surface area contributed by atoms with E-state index < -0.39 is 0 Å². The zero-order chi connectivity index (χ0) is 20.8. The lowest BCUT2D eigenvalue weighted by atomic mass is 10.1. The van der Waals surface area contributed by atoms with Crippen LogP contribution in [0.3, 0.4) is 0 Å². The first-order chi connectivity index (χ1) is 14.7. The third kappa shape index (κ3) is 4.92. The highest BCUT2D eigenvalue weighted by Crippen LogP contribution is 2.32. The number of urea groups is 1. The summed E-state index contributed by atoms with van der Waals surface area (Å²) in [4.78, 5) is 16.8. The van der Waals surface area contributed by atoms with E-state index in [1.54, 1.807) is 0 Å². The number of fused-ring (bicyclic) bond motifs is 2. The number of nitrogens with one attached hydrogen (secondary N) is 3. The molecule has 156 valence electrons. The molecule has 2 aromatic carbocycles. The number of nitrogens with zero attached hydrogens (tertiary/aromatic N) is 1. The van der Waals surface area contributed by atoms with Crippen LogP contribution in [0.1, 0.15) is 24.9 Å². The summed E-state index contributed by atoms with van der Waals surface area (Å²) < 4.78 is 11.4. The zero-order valence-electron chi connectivity index (χ0n) is 17.0. The Morgan fingerprint density at radius 1 is 1.03 bits per heavy atom. The van der Waals surface area contributed by atoms with Crippen LogP contribution in [-0.4, -0.2) is 37.3 Å². The van der Waals surface area contributed by atoms with Crippen molar-refractivity contribution >= 4 is 22.8 Å². The standard InChI is InChI=1S/C23H26N4O3/c1-16(18-7-9-20-21(15-18)30-14-4-13-29-20)26-23(28)25-12-11-24-22-10-8-17-5-2-3-6-19(17)27-22/h2-3,5-10,15-16H,4,11-14H2,1H3,(H,24,27)(H2,25,26,28). The van der Waals surface area contributed by atoms with E-state index in [9.17, 15) is 4.79 Å². The van der Waals surface area contributed by atoms with Crippen LogP contribution in [-0.2, 0) is 0 Å². The molecule has 30 heavy (non-hydrogen) atoms. The van der Waals surface area contributed by atoms with Crippen LogP contribution in [0, 0.1) is 0 Å². The molecule has 1 unspecified atom stereocenters. The molecule has 0 saturated heterocycles. The number of aromatic nitrogens is 1. The average molecular weight is 406 g/mol. The van der Waals surface area contributed by atoms with Gasteiger partial charge in [0.25, 0.3) is 0 Å². The molecule has 0 aliphatic carbocycles. The first kappa shape index (κ1) is 19.8. The van der Waals surface area contributed by atoms with Gasteiger partial charge in [0.05, 0.1) is 24.8 Å². The summed E-state index contributed by atoms with van der Waals surface area (Å²) in [5.41, 5.74) is 1.91. The lowest BCUT2D eigenvalue weighted by molar-refractivity contribution is 0.238. The molecule has 7 nitrogen and oxygen atoms in total. The van der Waals surface area contributed by atoms with Crippen LogP contribution in [0.4, 0.5) is 10.6 Å². The normalized spacial score (nSPS) is 13.9. The average Bonchev–Trinajstić information content (AvgIpc) is 3.01. The van der Waals surface area contributed by atoms with Crippen LogP contribution in [0.25, 0.3) is 10.9 Å². The molecule has 0 radical (unpaired) electrons. The van der Waals surface area contributed by atoms with Crippen molar-refractivity contribution in [2.24, 2.45) is 0 Å². The number of pyridine rings is 1. The molecule has 2 amide bonds. The molecule has 3 aromatic rings. The third-order valence-corrected chi connectivity index (χ3v) is 4.93. The molecule has 7 heteroatoms. The van der Waals surface area contributed by atoms with E-state index in [2.05, 4.69) is 20.9 Å². The number of anilines is 1. The van der Waals surface area contributed by atoms with Gasteiger partial charge in [0.15, 0.2) is 11.5 Å². The van der Waals surface area contributed by atoms with Gasteiger partial charge in [0.2, 0.25) is 0 Å². The lowest BCUT2D eigenvalue weighted by Crippen LogP contribution is -2.39. The summed E-state index contributed by atoms with van der Waals surface area (Å²) in [5, 5.41) is 10.2. The van der Waals surface area contributed by atoms with Gasteiger partial charge in [-0.15, -0.1) is 0 Å². The number of ether oxygens (including phenoxy) is 2. The molecule has 3 N–H and O–H groups in total. The van der Waals surface area contributed by atoms with Gasteiger partial charge in [0, 0.05) is 24.9 Å². The first-order valence-corrected chi connectivity index (χ1v) is 10.2. The molecular weight excluding hydrogens is 380 g/mol. The largest absolute Gasteiger partial charge is 0.490 e. The van der Waals surface area contributed by atoms with Gasteiger partial charge in [-0.2, -0.15) is 0 Å². The number of rotatable bonds is 6. The Labute approximate surface area is 175 Å². The topological polar surface area (TPSA) is 84.5 Å². The minimum absolute atomic E-state index is 0.155. The molecular formula is C23H26N4O3. The van der Waals surface area contributed by atoms with E-state index in [0.717, 1.165) is 40.2 Å². The summed E-state index contributed by atoms with van der Waals surface area (Å²) in [6.07, 6.45) is 0.864. The number of benzene rings is 2. The van der Waals surface area contributed by atoms with E-state index in [0.29, 0.717) is 26.3 Å². The molecule has 0 fully saturated rings. The van der Waals surface area contributed by atoms with Crippen LogP contribution in [0.5, 0.6) is 11.5 Å². The Kier molecular flexibility index (Phi) is 6.17. The van der Waals surface area contributed by atoms with Gasteiger partial charge in [-0.3, -0.25) is 0 Å². The number of carbonyl (C=O) groups excluding carboxylic acids is 1. The second-order valence-electron chi connectivity index (χ2n) is 7.19. The van der Waals surface area contributed by atoms with E-state index in [4.69, 9.17) is 9.47 Å². The number of hydrogen-bond donors (Lipinski definition) is 3. The molecule has 1 atom stereocenters. The van der Waals surface area contributed by atoms with Crippen molar-refractivity contribution in [2.75, 3.05) is 31.6 Å². The van der Waals surface area contributed by atoms with Gasteiger partial charge in [-0.1, -0.05) is 24.3 Å². The van der Waals surface area contributed by atoms with E-state index >= 15 is 0 Å². The summed E-state index contributed by atoms with van der Waals surface area (Å²) >= 11 is 0. The SMILES string of the molecule is CC(NC(=O)NCCNc1ccc2ccccc2n1)c1ccc2c(c1)OCCCO2. The van der Waals surface area contributed by atoms with Gasteiger partial charge in [0.1, 0.15) is 5.82 Å². The molecule has 4 rings (SSSR count). The number of amides is 2. The highest BCUT2D eigenvalue weighted by Gasteiger charge is 2.15. The Balaban J connectivity index is 1.23. The Hall–Kier alpha value is -3.48. The quantitative estimate of drug-likeness (QED) is 0.541. The van der Waals surface area contributed by atoms with Crippen molar-refractivity contribution in [3.05, 3.63) is 60.2 Å². The first-order valence-electron chi connectivity index (χ1n) is 10.2. The van der Waals surface area contributed by atoms with Gasteiger partial charge < -0.3 is 25.4 Å².